The number of hydrogen-bond donors (Lipinski definition) is 1. The molecule has 0 unspecified atom stereocenters. The molecule has 5 nitrogen and oxygen atoms in total. The molecule has 1 N–H and O–H groups in total. The van der Waals surface area contributed by atoms with Crippen LogP contribution in [0.1, 0.15) is 32.1 Å². The maximum Gasteiger partial charge on any atom is 0.269 e. The number of nitro groups is 1. The van der Waals surface area contributed by atoms with E-state index in [2.05, 4.69) is 5.32 Å². The topological polar surface area (TPSA) is 64.4 Å². The summed E-state index contributed by atoms with van der Waals surface area (Å²) in [6, 6.07) is 6.83. The van der Waals surface area contributed by atoms with E-state index in [4.69, 9.17) is 4.74 Å². The smallest absolute Gasteiger partial charge is 0.269 e. The van der Waals surface area contributed by atoms with Crippen LogP contribution in [0.25, 0.3) is 0 Å². The predicted molar refractivity (Wildman–Crippen MR) is 73.5 cm³/mol. The van der Waals surface area contributed by atoms with Crippen molar-refractivity contribution in [2.24, 2.45) is 0 Å². The van der Waals surface area contributed by atoms with E-state index in [0.29, 0.717) is 18.4 Å². The highest BCUT2D eigenvalue weighted by molar-refractivity contribution is 5.35. The summed E-state index contributed by atoms with van der Waals surface area (Å²) >= 11 is 0. The Morgan fingerprint density at radius 2 is 1.89 bits per heavy atom. The van der Waals surface area contributed by atoms with Gasteiger partial charge in [0.2, 0.25) is 0 Å². The lowest BCUT2D eigenvalue weighted by Gasteiger charge is -2.22. The molecular formula is C14H20N2O3. The van der Waals surface area contributed by atoms with Crippen molar-refractivity contribution in [1.82, 2.24) is 5.32 Å². The maximum atomic E-state index is 10.5. The molecule has 0 heterocycles. The monoisotopic (exact) mass is 264 g/mol. The van der Waals surface area contributed by atoms with Gasteiger partial charge >= 0.3 is 0 Å². The van der Waals surface area contributed by atoms with E-state index in [0.717, 1.165) is 6.54 Å². The van der Waals surface area contributed by atoms with Gasteiger partial charge in [-0.15, -0.1) is 0 Å². The normalized spacial score (nSPS) is 16.2. The molecule has 0 radical (unpaired) electrons. The average Bonchev–Trinajstić information content (AvgIpc) is 2.45. The zero-order valence-electron chi connectivity index (χ0n) is 11.0. The Hall–Kier alpha value is -1.62. The highest BCUT2D eigenvalue weighted by Crippen LogP contribution is 2.18. The number of rotatable bonds is 6. The molecule has 104 valence electrons. The van der Waals surface area contributed by atoms with Crippen LogP contribution >= 0.6 is 0 Å². The number of nitrogens with one attached hydrogen (secondary N) is 1. The van der Waals surface area contributed by atoms with Crippen molar-refractivity contribution in [2.75, 3.05) is 13.2 Å². The third-order valence-corrected chi connectivity index (χ3v) is 3.46. The highest BCUT2D eigenvalue weighted by Gasteiger charge is 2.11. The third kappa shape index (κ3) is 4.52. The molecule has 5 heteroatoms. The van der Waals surface area contributed by atoms with Gasteiger partial charge in [-0.25, -0.2) is 0 Å². The zero-order chi connectivity index (χ0) is 13.5. The molecular weight excluding hydrogens is 244 g/mol. The predicted octanol–water partition coefficient (Wildman–Crippen LogP) is 2.90. The van der Waals surface area contributed by atoms with Crippen LogP contribution in [0.3, 0.4) is 0 Å². The fraction of sp³-hybridized carbons (Fsp3) is 0.571. The van der Waals surface area contributed by atoms with E-state index >= 15 is 0 Å². The lowest BCUT2D eigenvalue weighted by Crippen LogP contribution is -2.34. The molecule has 0 atom stereocenters. The van der Waals surface area contributed by atoms with Gasteiger partial charge in [-0.2, -0.15) is 0 Å². The molecule has 1 aromatic carbocycles. The molecule has 19 heavy (non-hydrogen) atoms. The van der Waals surface area contributed by atoms with Crippen molar-refractivity contribution in [3.8, 4) is 5.75 Å². The van der Waals surface area contributed by atoms with Crippen LogP contribution in [0.5, 0.6) is 5.75 Å². The summed E-state index contributed by atoms with van der Waals surface area (Å²) in [6.45, 7) is 1.41. The first-order chi connectivity index (χ1) is 9.25. The lowest BCUT2D eigenvalue weighted by molar-refractivity contribution is -0.384. The van der Waals surface area contributed by atoms with Gasteiger partial charge in [-0.3, -0.25) is 10.1 Å². The van der Waals surface area contributed by atoms with Crippen molar-refractivity contribution in [2.45, 2.75) is 38.1 Å². The highest BCUT2D eigenvalue weighted by atomic mass is 16.6. The molecule has 0 saturated heterocycles. The molecule has 1 aliphatic carbocycles. The van der Waals surface area contributed by atoms with Gasteiger partial charge in [0.1, 0.15) is 12.4 Å². The van der Waals surface area contributed by atoms with Gasteiger partial charge in [0.15, 0.2) is 0 Å². The number of benzene rings is 1. The lowest BCUT2D eigenvalue weighted by atomic mass is 9.96. The second kappa shape index (κ2) is 7.09. The summed E-state index contributed by atoms with van der Waals surface area (Å²) in [5, 5.41) is 14.0. The first-order valence-electron chi connectivity index (χ1n) is 6.86. The van der Waals surface area contributed by atoms with Gasteiger partial charge in [0.25, 0.3) is 5.69 Å². The van der Waals surface area contributed by atoms with E-state index in [1.807, 2.05) is 0 Å². The van der Waals surface area contributed by atoms with E-state index < -0.39 is 4.92 Å². The molecule has 2 rings (SSSR count). The Kier molecular flexibility index (Phi) is 5.15. The summed E-state index contributed by atoms with van der Waals surface area (Å²) in [5.74, 6) is 0.677. The minimum atomic E-state index is -0.408. The number of non-ortho nitro benzene ring substituents is 1. The van der Waals surface area contributed by atoms with Crippen LogP contribution in [0.4, 0.5) is 5.69 Å². The SMILES string of the molecule is O=[N+]([O-])c1ccc(OCCNC2CCCCC2)cc1. The van der Waals surface area contributed by atoms with Crippen LogP contribution in [0, 0.1) is 10.1 Å². The van der Waals surface area contributed by atoms with Crippen LogP contribution < -0.4 is 10.1 Å². The molecule has 1 fully saturated rings. The molecule has 1 aliphatic rings. The van der Waals surface area contributed by atoms with Gasteiger partial charge in [-0.05, 0) is 25.0 Å². The first kappa shape index (κ1) is 13.8. The third-order valence-electron chi connectivity index (χ3n) is 3.46. The van der Waals surface area contributed by atoms with Gasteiger partial charge in [-0.1, -0.05) is 19.3 Å². The molecule has 0 aliphatic heterocycles. The fourth-order valence-electron chi connectivity index (χ4n) is 2.40. The minimum Gasteiger partial charge on any atom is -0.492 e. The average molecular weight is 264 g/mol. The molecule has 0 amide bonds. The first-order valence-corrected chi connectivity index (χ1v) is 6.86. The Morgan fingerprint density at radius 1 is 1.21 bits per heavy atom. The van der Waals surface area contributed by atoms with Crippen molar-refractivity contribution in [3.63, 3.8) is 0 Å². The van der Waals surface area contributed by atoms with Crippen molar-refractivity contribution >= 4 is 5.69 Å². The fourth-order valence-corrected chi connectivity index (χ4v) is 2.40. The van der Waals surface area contributed by atoms with E-state index in [1.165, 1.54) is 44.2 Å². The van der Waals surface area contributed by atoms with Crippen LogP contribution in [0.2, 0.25) is 0 Å². The molecule has 1 saturated carbocycles. The Labute approximate surface area is 113 Å². The van der Waals surface area contributed by atoms with Crippen LogP contribution in [-0.2, 0) is 0 Å². The van der Waals surface area contributed by atoms with Crippen LogP contribution in [0.15, 0.2) is 24.3 Å². The van der Waals surface area contributed by atoms with Gasteiger partial charge in [0.05, 0.1) is 4.92 Å². The Morgan fingerprint density at radius 3 is 2.53 bits per heavy atom. The summed E-state index contributed by atoms with van der Waals surface area (Å²) in [5.41, 5.74) is 0.0904. The molecule has 1 aromatic rings. The van der Waals surface area contributed by atoms with E-state index in [9.17, 15) is 10.1 Å². The zero-order valence-corrected chi connectivity index (χ0v) is 11.0. The summed E-state index contributed by atoms with van der Waals surface area (Å²) in [4.78, 5) is 10.1. The minimum absolute atomic E-state index is 0.0904. The van der Waals surface area contributed by atoms with E-state index in [1.54, 1.807) is 12.1 Å². The van der Waals surface area contributed by atoms with Gasteiger partial charge in [0, 0.05) is 24.7 Å². The number of hydrogen-bond acceptors (Lipinski definition) is 4. The Balaban J connectivity index is 1.66. The molecule has 0 aromatic heterocycles. The summed E-state index contributed by atoms with van der Waals surface area (Å²) in [6.07, 6.45) is 6.52. The quantitative estimate of drug-likeness (QED) is 0.487. The maximum absolute atomic E-state index is 10.5. The van der Waals surface area contributed by atoms with Gasteiger partial charge < -0.3 is 10.1 Å². The van der Waals surface area contributed by atoms with Crippen molar-refractivity contribution in [3.05, 3.63) is 34.4 Å². The van der Waals surface area contributed by atoms with Crippen LogP contribution in [-0.4, -0.2) is 24.1 Å². The summed E-state index contributed by atoms with van der Waals surface area (Å²) < 4.78 is 5.55. The second-order valence-electron chi connectivity index (χ2n) is 4.89. The molecule has 0 spiro atoms. The largest absolute Gasteiger partial charge is 0.492 e. The number of nitro benzene ring substituents is 1. The second-order valence-corrected chi connectivity index (χ2v) is 4.89. The standard InChI is InChI=1S/C14H20N2O3/c17-16(18)13-6-8-14(9-7-13)19-11-10-15-12-4-2-1-3-5-12/h6-9,12,15H,1-5,10-11H2. The van der Waals surface area contributed by atoms with Crippen molar-refractivity contribution < 1.29 is 9.66 Å². The summed E-state index contributed by atoms with van der Waals surface area (Å²) in [7, 11) is 0. The number of nitrogens with zero attached hydrogens (tertiary/aromatic N) is 1. The number of ether oxygens (including phenoxy) is 1. The van der Waals surface area contributed by atoms with Crippen molar-refractivity contribution in [1.29, 1.82) is 0 Å². The van der Waals surface area contributed by atoms with E-state index in [-0.39, 0.29) is 5.69 Å². The molecule has 0 bridgehead atoms. The Bertz CT molecular complexity index is 400.